The lowest BCUT2D eigenvalue weighted by atomic mass is 10.1. The summed E-state index contributed by atoms with van der Waals surface area (Å²) in [6.07, 6.45) is 2.36. The molecule has 1 amide bonds. The van der Waals surface area contributed by atoms with Crippen LogP contribution in [-0.2, 0) is 13.0 Å². The van der Waals surface area contributed by atoms with Gasteiger partial charge < -0.3 is 10.7 Å². The predicted molar refractivity (Wildman–Crippen MR) is 84.0 cm³/mol. The van der Waals surface area contributed by atoms with Crippen LogP contribution in [0.4, 0.5) is 5.82 Å². The molecule has 0 unspecified atom stereocenters. The summed E-state index contributed by atoms with van der Waals surface area (Å²) in [5.41, 5.74) is 5.08. The zero-order valence-electron chi connectivity index (χ0n) is 11.7. The molecular weight excluding hydrogens is 288 g/mol. The summed E-state index contributed by atoms with van der Waals surface area (Å²) < 4.78 is 0. The lowest BCUT2D eigenvalue weighted by Crippen LogP contribution is -2.23. The first-order valence-corrected chi connectivity index (χ1v) is 7.00. The average Bonchev–Trinajstić information content (AvgIpc) is 2.52. The van der Waals surface area contributed by atoms with E-state index in [0.717, 1.165) is 12.0 Å². The molecule has 0 bridgehead atoms. The average molecular weight is 305 g/mol. The van der Waals surface area contributed by atoms with E-state index < -0.39 is 0 Å². The number of nitrogens with one attached hydrogen (secondary N) is 2. The molecule has 0 aliphatic rings. The maximum Gasteiger partial charge on any atom is 0.253 e. The SMILES string of the molecule is CCc1ccccc1CNC(=O)c1cnc(NN)c(Cl)c1. The summed E-state index contributed by atoms with van der Waals surface area (Å²) in [6, 6.07) is 9.55. The normalized spacial score (nSPS) is 10.2. The number of carbonyl (C=O) groups is 1. The molecule has 1 heterocycles. The lowest BCUT2D eigenvalue weighted by molar-refractivity contribution is 0.0950. The van der Waals surface area contributed by atoms with Crippen molar-refractivity contribution in [1.82, 2.24) is 10.3 Å². The van der Waals surface area contributed by atoms with Crippen molar-refractivity contribution in [2.45, 2.75) is 19.9 Å². The highest BCUT2D eigenvalue weighted by molar-refractivity contribution is 6.33. The molecule has 0 saturated carbocycles. The Hall–Kier alpha value is -2.11. The van der Waals surface area contributed by atoms with Gasteiger partial charge in [-0.15, -0.1) is 0 Å². The number of halogens is 1. The molecular formula is C15H17ClN4O. The number of hydrogen-bond acceptors (Lipinski definition) is 4. The highest BCUT2D eigenvalue weighted by Gasteiger charge is 2.10. The molecule has 1 aromatic carbocycles. The number of rotatable bonds is 5. The fourth-order valence-corrected chi connectivity index (χ4v) is 2.24. The van der Waals surface area contributed by atoms with Gasteiger partial charge in [0.2, 0.25) is 0 Å². The molecule has 4 N–H and O–H groups in total. The lowest BCUT2D eigenvalue weighted by Gasteiger charge is -2.10. The van der Waals surface area contributed by atoms with E-state index in [1.54, 1.807) is 0 Å². The Labute approximate surface area is 128 Å². The van der Waals surface area contributed by atoms with Crippen molar-refractivity contribution in [2.24, 2.45) is 5.84 Å². The molecule has 21 heavy (non-hydrogen) atoms. The third-order valence-electron chi connectivity index (χ3n) is 3.18. The molecule has 0 radical (unpaired) electrons. The van der Waals surface area contributed by atoms with E-state index in [4.69, 9.17) is 17.4 Å². The summed E-state index contributed by atoms with van der Waals surface area (Å²) in [5.74, 6) is 5.36. The molecule has 0 saturated heterocycles. The Morgan fingerprint density at radius 2 is 2.05 bits per heavy atom. The molecule has 0 aliphatic heterocycles. The Bertz CT molecular complexity index is 645. The van der Waals surface area contributed by atoms with E-state index in [1.807, 2.05) is 18.2 Å². The summed E-state index contributed by atoms with van der Waals surface area (Å²) in [7, 11) is 0. The molecule has 0 atom stereocenters. The van der Waals surface area contributed by atoms with E-state index in [1.165, 1.54) is 17.8 Å². The smallest absolute Gasteiger partial charge is 0.253 e. The zero-order valence-corrected chi connectivity index (χ0v) is 12.4. The molecule has 0 aliphatic carbocycles. The number of aryl methyl sites for hydroxylation is 1. The van der Waals surface area contributed by atoms with Gasteiger partial charge in [-0.2, -0.15) is 0 Å². The van der Waals surface area contributed by atoms with Crippen molar-refractivity contribution in [3.63, 3.8) is 0 Å². The number of nitrogen functional groups attached to an aromatic ring is 1. The number of anilines is 1. The molecule has 6 heteroatoms. The first kappa shape index (κ1) is 15.3. The second-order valence-electron chi connectivity index (χ2n) is 4.50. The van der Waals surface area contributed by atoms with Crippen LogP contribution in [0, 0.1) is 0 Å². The van der Waals surface area contributed by atoms with Crippen molar-refractivity contribution in [1.29, 1.82) is 0 Å². The van der Waals surface area contributed by atoms with Crippen LogP contribution >= 0.6 is 11.6 Å². The summed E-state index contributed by atoms with van der Waals surface area (Å²) in [6.45, 7) is 2.56. The minimum Gasteiger partial charge on any atom is -0.348 e. The predicted octanol–water partition coefficient (Wildman–Crippen LogP) is 2.51. The molecule has 2 rings (SSSR count). The highest BCUT2D eigenvalue weighted by atomic mass is 35.5. The minimum absolute atomic E-state index is 0.223. The van der Waals surface area contributed by atoms with E-state index in [-0.39, 0.29) is 5.91 Å². The van der Waals surface area contributed by atoms with Gasteiger partial charge in [0.05, 0.1) is 10.6 Å². The van der Waals surface area contributed by atoms with Crippen molar-refractivity contribution < 1.29 is 4.79 Å². The van der Waals surface area contributed by atoms with Crippen LogP contribution in [0.25, 0.3) is 0 Å². The number of carbonyl (C=O) groups excluding carboxylic acids is 1. The van der Waals surface area contributed by atoms with Crippen LogP contribution in [0.3, 0.4) is 0 Å². The van der Waals surface area contributed by atoms with Crippen molar-refractivity contribution in [2.75, 3.05) is 5.43 Å². The van der Waals surface area contributed by atoms with Crippen molar-refractivity contribution >= 4 is 23.3 Å². The van der Waals surface area contributed by atoms with E-state index in [9.17, 15) is 4.79 Å². The summed E-state index contributed by atoms with van der Waals surface area (Å²) in [4.78, 5) is 16.1. The first-order chi connectivity index (χ1) is 10.2. The molecule has 0 fully saturated rings. The number of benzene rings is 1. The van der Waals surface area contributed by atoms with Crippen molar-refractivity contribution in [3.05, 3.63) is 58.2 Å². The number of hydrazine groups is 1. The number of aromatic nitrogens is 1. The largest absolute Gasteiger partial charge is 0.348 e. The molecule has 2 aromatic rings. The number of nitrogens with two attached hydrogens (primary N) is 1. The van der Waals surface area contributed by atoms with Gasteiger partial charge in [-0.25, -0.2) is 10.8 Å². The molecule has 110 valence electrons. The number of nitrogens with zero attached hydrogens (tertiary/aromatic N) is 1. The van der Waals surface area contributed by atoms with E-state index >= 15 is 0 Å². The van der Waals surface area contributed by atoms with Crippen LogP contribution < -0.4 is 16.6 Å². The second-order valence-corrected chi connectivity index (χ2v) is 4.91. The topological polar surface area (TPSA) is 80.0 Å². The Kier molecular flexibility index (Phi) is 5.14. The summed E-state index contributed by atoms with van der Waals surface area (Å²) in [5, 5.41) is 3.17. The van der Waals surface area contributed by atoms with Gasteiger partial charge in [0.1, 0.15) is 0 Å². The number of pyridine rings is 1. The van der Waals surface area contributed by atoms with Gasteiger partial charge in [-0.1, -0.05) is 42.8 Å². The van der Waals surface area contributed by atoms with Crippen LogP contribution in [0.5, 0.6) is 0 Å². The van der Waals surface area contributed by atoms with Crippen LogP contribution in [0.2, 0.25) is 5.02 Å². The molecule has 0 spiro atoms. The van der Waals surface area contributed by atoms with Gasteiger partial charge in [0.15, 0.2) is 5.82 Å². The Morgan fingerprint density at radius 3 is 2.67 bits per heavy atom. The maximum absolute atomic E-state index is 12.1. The number of amides is 1. The van der Waals surface area contributed by atoms with Crippen molar-refractivity contribution in [3.8, 4) is 0 Å². The monoisotopic (exact) mass is 304 g/mol. The number of hydrogen-bond donors (Lipinski definition) is 3. The molecule has 1 aromatic heterocycles. The standard InChI is InChI=1S/C15H17ClN4O/c1-2-10-5-3-4-6-11(10)8-19-15(21)12-7-13(16)14(20-17)18-9-12/h3-7,9H,2,8,17H2,1H3,(H,18,20)(H,19,21). The highest BCUT2D eigenvalue weighted by Crippen LogP contribution is 2.19. The van der Waals surface area contributed by atoms with Gasteiger partial charge in [0, 0.05) is 12.7 Å². The fourth-order valence-electron chi connectivity index (χ4n) is 2.02. The fraction of sp³-hybridized carbons (Fsp3) is 0.200. The van der Waals surface area contributed by atoms with E-state index in [2.05, 4.69) is 28.7 Å². The summed E-state index contributed by atoms with van der Waals surface area (Å²) >= 11 is 5.95. The third kappa shape index (κ3) is 3.71. The maximum atomic E-state index is 12.1. The van der Waals surface area contributed by atoms with Gasteiger partial charge >= 0.3 is 0 Å². The van der Waals surface area contributed by atoms with Gasteiger partial charge in [0.25, 0.3) is 5.91 Å². The van der Waals surface area contributed by atoms with Gasteiger partial charge in [-0.05, 0) is 23.6 Å². The zero-order chi connectivity index (χ0) is 15.2. The van der Waals surface area contributed by atoms with Crippen LogP contribution in [0.15, 0.2) is 36.5 Å². The Balaban J connectivity index is 2.06. The minimum atomic E-state index is -0.223. The first-order valence-electron chi connectivity index (χ1n) is 6.62. The third-order valence-corrected chi connectivity index (χ3v) is 3.47. The Morgan fingerprint density at radius 1 is 1.33 bits per heavy atom. The second kappa shape index (κ2) is 7.06. The van der Waals surface area contributed by atoms with Crippen LogP contribution in [-0.4, -0.2) is 10.9 Å². The molecule has 5 nitrogen and oxygen atoms in total. The van der Waals surface area contributed by atoms with E-state index in [0.29, 0.717) is 22.9 Å². The quantitative estimate of drug-likeness (QED) is 0.586. The van der Waals surface area contributed by atoms with Gasteiger partial charge in [-0.3, -0.25) is 4.79 Å². The van der Waals surface area contributed by atoms with Crippen LogP contribution in [0.1, 0.15) is 28.4 Å².